The number of anilines is 1. The third-order valence-electron chi connectivity index (χ3n) is 4.48. The molecule has 0 aliphatic rings. The zero-order valence-corrected chi connectivity index (χ0v) is 17.1. The molecule has 0 radical (unpaired) electrons. The largest absolute Gasteiger partial charge is 0.360 e. The Labute approximate surface area is 167 Å². The first-order valence-electron chi connectivity index (χ1n) is 9.73. The van der Waals surface area contributed by atoms with E-state index in [1.165, 1.54) is 4.57 Å². The smallest absolute Gasteiger partial charge is 0.333 e. The van der Waals surface area contributed by atoms with Crippen LogP contribution in [0, 0.1) is 12.8 Å². The van der Waals surface area contributed by atoms with Gasteiger partial charge < -0.3 is 14.4 Å². The SMILES string of the molecule is CCCCn1cnc2c1c(=O)n(CC(=O)Nc1cc(C)on1)c(=O)n2CC(C)C. The maximum Gasteiger partial charge on any atom is 0.333 e. The van der Waals surface area contributed by atoms with E-state index in [2.05, 4.69) is 22.4 Å². The fourth-order valence-corrected chi connectivity index (χ4v) is 3.16. The Bertz CT molecular complexity index is 1130. The number of unbranched alkanes of at least 4 members (excludes halogenated alkanes) is 1. The van der Waals surface area contributed by atoms with E-state index in [-0.39, 0.29) is 11.7 Å². The molecule has 0 saturated carbocycles. The van der Waals surface area contributed by atoms with Gasteiger partial charge in [-0.15, -0.1) is 0 Å². The van der Waals surface area contributed by atoms with Gasteiger partial charge in [-0.05, 0) is 19.3 Å². The summed E-state index contributed by atoms with van der Waals surface area (Å²) in [6.07, 6.45) is 3.42. The van der Waals surface area contributed by atoms with Gasteiger partial charge in [-0.1, -0.05) is 32.3 Å². The number of amides is 1. The van der Waals surface area contributed by atoms with E-state index in [0.29, 0.717) is 30.0 Å². The molecule has 10 nitrogen and oxygen atoms in total. The molecule has 3 aromatic heterocycles. The van der Waals surface area contributed by atoms with E-state index in [9.17, 15) is 14.4 Å². The molecule has 0 saturated heterocycles. The normalized spacial score (nSPS) is 11.5. The van der Waals surface area contributed by atoms with Gasteiger partial charge in [0, 0.05) is 19.2 Å². The minimum atomic E-state index is -0.552. The summed E-state index contributed by atoms with van der Waals surface area (Å²) in [5.41, 5.74) is -0.383. The number of carbonyl (C=O) groups is 1. The first-order chi connectivity index (χ1) is 13.8. The molecule has 0 aliphatic carbocycles. The number of rotatable bonds is 8. The van der Waals surface area contributed by atoms with Crippen molar-refractivity contribution in [3.05, 3.63) is 39.0 Å². The van der Waals surface area contributed by atoms with Crippen LogP contribution >= 0.6 is 0 Å². The highest BCUT2D eigenvalue weighted by Gasteiger charge is 2.20. The molecular weight excluding hydrogens is 376 g/mol. The van der Waals surface area contributed by atoms with Crippen LogP contribution in [-0.4, -0.2) is 29.7 Å². The summed E-state index contributed by atoms with van der Waals surface area (Å²) in [6.45, 7) is 8.29. The Kier molecular flexibility index (Phi) is 6.00. The number of fused-ring (bicyclic) bond motifs is 1. The highest BCUT2D eigenvalue weighted by atomic mass is 16.5. The van der Waals surface area contributed by atoms with Crippen molar-refractivity contribution < 1.29 is 9.32 Å². The lowest BCUT2D eigenvalue weighted by Gasteiger charge is -2.13. The first-order valence-corrected chi connectivity index (χ1v) is 9.73. The molecule has 3 aromatic rings. The van der Waals surface area contributed by atoms with E-state index >= 15 is 0 Å². The molecule has 0 aromatic carbocycles. The Morgan fingerprint density at radius 3 is 2.66 bits per heavy atom. The second-order valence-electron chi connectivity index (χ2n) is 7.51. The van der Waals surface area contributed by atoms with Crippen LogP contribution in [0.3, 0.4) is 0 Å². The number of carbonyl (C=O) groups excluding carboxylic acids is 1. The van der Waals surface area contributed by atoms with Crippen LogP contribution in [0.5, 0.6) is 0 Å². The third-order valence-corrected chi connectivity index (χ3v) is 4.48. The summed E-state index contributed by atoms with van der Waals surface area (Å²) in [5, 5.41) is 6.24. The Morgan fingerprint density at radius 1 is 1.28 bits per heavy atom. The highest BCUT2D eigenvalue weighted by molar-refractivity contribution is 5.89. The molecule has 0 unspecified atom stereocenters. The molecule has 3 rings (SSSR count). The minimum absolute atomic E-state index is 0.162. The van der Waals surface area contributed by atoms with E-state index in [4.69, 9.17) is 4.52 Å². The summed E-state index contributed by atoms with van der Waals surface area (Å²) < 4.78 is 9.10. The highest BCUT2D eigenvalue weighted by Crippen LogP contribution is 2.11. The van der Waals surface area contributed by atoms with Gasteiger partial charge in [0.15, 0.2) is 17.0 Å². The molecular formula is C19H26N6O4. The van der Waals surface area contributed by atoms with Gasteiger partial charge in [0.25, 0.3) is 5.56 Å². The molecule has 0 atom stereocenters. The van der Waals surface area contributed by atoms with Crippen LogP contribution in [0.15, 0.2) is 26.5 Å². The van der Waals surface area contributed by atoms with E-state index in [0.717, 1.165) is 17.4 Å². The summed E-state index contributed by atoms with van der Waals surface area (Å²) in [6, 6.07) is 1.56. The molecule has 1 N–H and O–H groups in total. The summed E-state index contributed by atoms with van der Waals surface area (Å²) in [7, 11) is 0. The van der Waals surface area contributed by atoms with Crippen LogP contribution in [0.2, 0.25) is 0 Å². The fourth-order valence-electron chi connectivity index (χ4n) is 3.16. The molecule has 0 spiro atoms. The van der Waals surface area contributed by atoms with Gasteiger partial charge in [-0.25, -0.2) is 14.3 Å². The average molecular weight is 402 g/mol. The zero-order valence-electron chi connectivity index (χ0n) is 17.1. The van der Waals surface area contributed by atoms with Crippen molar-refractivity contribution in [3.63, 3.8) is 0 Å². The van der Waals surface area contributed by atoms with Gasteiger partial charge in [0.05, 0.1) is 6.33 Å². The van der Waals surface area contributed by atoms with Gasteiger partial charge >= 0.3 is 5.69 Å². The molecule has 1 amide bonds. The maximum atomic E-state index is 13.1. The van der Waals surface area contributed by atoms with Crippen LogP contribution in [0.25, 0.3) is 11.2 Å². The van der Waals surface area contributed by atoms with Crippen molar-refractivity contribution >= 4 is 22.9 Å². The average Bonchev–Trinajstić information content (AvgIpc) is 3.26. The van der Waals surface area contributed by atoms with Crippen molar-refractivity contribution in [3.8, 4) is 0 Å². The second kappa shape index (κ2) is 8.46. The lowest BCUT2D eigenvalue weighted by atomic mass is 10.2. The van der Waals surface area contributed by atoms with Gasteiger partial charge in [-0.2, -0.15) is 0 Å². The number of nitrogens with zero attached hydrogens (tertiary/aromatic N) is 5. The van der Waals surface area contributed by atoms with Crippen molar-refractivity contribution in [1.82, 2.24) is 23.8 Å². The molecule has 29 heavy (non-hydrogen) atoms. The van der Waals surface area contributed by atoms with Crippen LogP contribution < -0.4 is 16.6 Å². The third kappa shape index (κ3) is 4.30. The van der Waals surface area contributed by atoms with E-state index < -0.39 is 23.7 Å². The Morgan fingerprint density at radius 2 is 2.03 bits per heavy atom. The number of hydrogen-bond donors (Lipinski definition) is 1. The van der Waals surface area contributed by atoms with Crippen molar-refractivity contribution in [2.45, 2.75) is 60.2 Å². The van der Waals surface area contributed by atoms with Crippen LogP contribution in [0.1, 0.15) is 39.4 Å². The molecule has 0 aliphatic heterocycles. The number of imidazole rings is 1. The summed E-state index contributed by atoms with van der Waals surface area (Å²) >= 11 is 0. The topological polar surface area (TPSA) is 117 Å². The van der Waals surface area contributed by atoms with Crippen molar-refractivity contribution in [1.29, 1.82) is 0 Å². The van der Waals surface area contributed by atoms with Crippen molar-refractivity contribution in [2.75, 3.05) is 5.32 Å². The maximum absolute atomic E-state index is 13.1. The molecule has 3 heterocycles. The quantitative estimate of drug-likeness (QED) is 0.613. The molecule has 0 fully saturated rings. The van der Waals surface area contributed by atoms with Crippen molar-refractivity contribution in [2.24, 2.45) is 5.92 Å². The van der Waals surface area contributed by atoms with E-state index in [1.807, 2.05) is 13.8 Å². The molecule has 0 bridgehead atoms. The Hall–Kier alpha value is -3.17. The second-order valence-corrected chi connectivity index (χ2v) is 7.51. The fraction of sp³-hybridized carbons (Fsp3) is 0.526. The lowest BCUT2D eigenvalue weighted by molar-refractivity contribution is -0.116. The number of aromatic nitrogens is 5. The van der Waals surface area contributed by atoms with Gasteiger partial charge in [-0.3, -0.25) is 14.2 Å². The monoisotopic (exact) mass is 402 g/mol. The predicted molar refractivity (Wildman–Crippen MR) is 108 cm³/mol. The Balaban J connectivity index is 2.06. The number of aryl methyl sites for hydroxylation is 2. The lowest BCUT2D eigenvalue weighted by Crippen LogP contribution is -2.43. The zero-order chi connectivity index (χ0) is 21.1. The minimum Gasteiger partial charge on any atom is -0.360 e. The molecule has 156 valence electrons. The number of hydrogen-bond acceptors (Lipinski definition) is 6. The predicted octanol–water partition coefficient (Wildman–Crippen LogP) is 1.75. The van der Waals surface area contributed by atoms with Gasteiger partial charge in [0.2, 0.25) is 5.91 Å². The standard InChI is InChI=1S/C19H26N6O4/c1-5-6-7-23-11-20-17-16(23)18(27)25(19(28)24(17)9-12(2)3)10-15(26)21-14-8-13(4)29-22-14/h8,11-12H,5-7,9-10H2,1-4H3,(H,21,22,26). The summed E-state index contributed by atoms with van der Waals surface area (Å²) in [4.78, 5) is 42.9. The van der Waals surface area contributed by atoms with E-state index in [1.54, 1.807) is 23.9 Å². The summed E-state index contributed by atoms with van der Waals surface area (Å²) in [5.74, 6) is 0.400. The van der Waals surface area contributed by atoms with Gasteiger partial charge in [0.1, 0.15) is 12.3 Å². The number of nitrogens with one attached hydrogen (secondary N) is 1. The first kappa shape index (κ1) is 20.6. The van der Waals surface area contributed by atoms with Crippen LogP contribution in [-0.2, 0) is 24.4 Å². The molecule has 10 heteroatoms. The van der Waals surface area contributed by atoms with Crippen LogP contribution in [0.4, 0.5) is 5.82 Å².